The van der Waals surface area contributed by atoms with Crippen molar-refractivity contribution in [3.8, 4) is 5.75 Å². The summed E-state index contributed by atoms with van der Waals surface area (Å²) in [6.45, 7) is 1.79. The number of esters is 1. The number of rotatable bonds is 7. The van der Waals surface area contributed by atoms with Gasteiger partial charge in [0.25, 0.3) is 5.56 Å². The van der Waals surface area contributed by atoms with Crippen molar-refractivity contribution in [3.05, 3.63) is 75.1 Å². The van der Waals surface area contributed by atoms with Crippen molar-refractivity contribution in [3.63, 3.8) is 0 Å². The molecular weight excluding hydrogens is 403 g/mol. The topological polar surface area (TPSA) is 79.7 Å². The van der Waals surface area contributed by atoms with Gasteiger partial charge in [0.2, 0.25) is 0 Å². The molecule has 1 aromatic carbocycles. The minimum absolute atomic E-state index is 0.0774. The summed E-state index contributed by atoms with van der Waals surface area (Å²) >= 11 is 0. The zero-order valence-corrected chi connectivity index (χ0v) is 17.8. The average Bonchev–Trinajstić information content (AvgIpc) is 2.76. The van der Waals surface area contributed by atoms with Crippen LogP contribution in [-0.4, -0.2) is 36.3 Å². The summed E-state index contributed by atoms with van der Waals surface area (Å²) in [6, 6.07) is 6.30. The van der Waals surface area contributed by atoms with Crippen LogP contribution in [0.2, 0.25) is 0 Å². The SMILES string of the molecule is CCOC(=O)c1c(OC)c2ncc(Cc3ccc(F)cc3/C=C/OC)cc2n(C)c1=O. The van der Waals surface area contributed by atoms with Gasteiger partial charge >= 0.3 is 5.97 Å². The second kappa shape index (κ2) is 9.42. The van der Waals surface area contributed by atoms with Gasteiger partial charge in [0.15, 0.2) is 11.3 Å². The zero-order chi connectivity index (χ0) is 22.5. The number of pyridine rings is 2. The van der Waals surface area contributed by atoms with Crippen molar-refractivity contribution in [2.75, 3.05) is 20.8 Å². The first kappa shape index (κ1) is 22.0. The van der Waals surface area contributed by atoms with Crippen molar-refractivity contribution in [2.24, 2.45) is 7.05 Å². The third kappa shape index (κ3) is 4.42. The molecule has 0 fully saturated rings. The molecule has 0 spiro atoms. The molecule has 0 aliphatic heterocycles. The van der Waals surface area contributed by atoms with E-state index in [9.17, 15) is 14.0 Å². The number of benzene rings is 1. The fraction of sp³-hybridized carbons (Fsp3) is 0.261. The van der Waals surface area contributed by atoms with Crippen LogP contribution in [-0.2, 0) is 22.9 Å². The van der Waals surface area contributed by atoms with Gasteiger partial charge in [0, 0.05) is 13.2 Å². The Kier molecular flexibility index (Phi) is 6.69. The molecule has 0 N–H and O–H groups in total. The van der Waals surface area contributed by atoms with Crippen LogP contribution in [0.25, 0.3) is 17.1 Å². The van der Waals surface area contributed by atoms with Crippen LogP contribution < -0.4 is 10.3 Å². The first-order valence-corrected chi connectivity index (χ1v) is 9.61. The molecule has 0 atom stereocenters. The molecule has 162 valence electrons. The molecule has 0 aliphatic carbocycles. The Labute approximate surface area is 178 Å². The summed E-state index contributed by atoms with van der Waals surface area (Å²) in [5, 5.41) is 0. The van der Waals surface area contributed by atoms with Gasteiger partial charge in [-0.25, -0.2) is 9.18 Å². The molecular formula is C23H23FN2O5. The highest BCUT2D eigenvalue weighted by Crippen LogP contribution is 2.27. The largest absolute Gasteiger partial charge is 0.504 e. The standard InChI is InChI=1S/C23H23FN2O5/c1-5-31-23(28)19-21(30-4)20-18(26(2)22(19)27)11-14(13-25-20)10-15-6-7-17(24)12-16(15)8-9-29-3/h6-9,11-13H,5,10H2,1-4H3/b9-8+. The summed E-state index contributed by atoms with van der Waals surface area (Å²) in [7, 11) is 4.45. The van der Waals surface area contributed by atoms with Crippen molar-refractivity contribution in [1.82, 2.24) is 9.55 Å². The first-order chi connectivity index (χ1) is 14.9. The molecule has 0 aliphatic rings. The van der Waals surface area contributed by atoms with E-state index < -0.39 is 11.5 Å². The lowest BCUT2D eigenvalue weighted by atomic mass is 10.00. The smallest absolute Gasteiger partial charge is 0.347 e. The van der Waals surface area contributed by atoms with E-state index in [0.29, 0.717) is 23.0 Å². The van der Waals surface area contributed by atoms with Crippen LogP contribution in [0.3, 0.4) is 0 Å². The lowest BCUT2D eigenvalue weighted by Crippen LogP contribution is -2.27. The fourth-order valence-corrected chi connectivity index (χ4v) is 3.34. The van der Waals surface area contributed by atoms with Crippen LogP contribution >= 0.6 is 0 Å². The minimum Gasteiger partial charge on any atom is -0.504 e. The van der Waals surface area contributed by atoms with Gasteiger partial charge in [-0.05, 0) is 54.3 Å². The Hall–Kier alpha value is -3.68. The highest BCUT2D eigenvalue weighted by Gasteiger charge is 2.24. The van der Waals surface area contributed by atoms with E-state index in [0.717, 1.165) is 11.1 Å². The van der Waals surface area contributed by atoms with Crippen LogP contribution in [0.15, 0.2) is 41.5 Å². The van der Waals surface area contributed by atoms with E-state index in [2.05, 4.69) is 4.98 Å². The summed E-state index contributed by atoms with van der Waals surface area (Å²) in [4.78, 5) is 29.6. The zero-order valence-electron chi connectivity index (χ0n) is 17.8. The fourth-order valence-electron chi connectivity index (χ4n) is 3.34. The van der Waals surface area contributed by atoms with Gasteiger partial charge in [-0.3, -0.25) is 9.78 Å². The molecule has 0 radical (unpaired) electrons. The molecule has 8 heteroatoms. The molecule has 3 rings (SSSR count). The third-order valence-corrected chi connectivity index (χ3v) is 4.82. The number of fused-ring (bicyclic) bond motifs is 1. The van der Waals surface area contributed by atoms with E-state index in [1.165, 1.54) is 37.2 Å². The summed E-state index contributed by atoms with van der Waals surface area (Å²) in [5.41, 5.74) is 2.48. The van der Waals surface area contributed by atoms with Crippen LogP contribution in [0.4, 0.5) is 4.39 Å². The number of hydrogen-bond donors (Lipinski definition) is 0. The van der Waals surface area contributed by atoms with Crippen LogP contribution in [0, 0.1) is 5.82 Å². The molecule has 0 saturated carbocycles. The van der Waals surface area contributed by atoms with Gasteiger partial charge < -0.3 is 18.8 Å². The van der Waals surface area contributed by atoms with E-state index >= 15 is 0 Å². The number of aromatic nitrogens is 2. The molecule has 2 heterocycles. The van der Waals surface area contributed by atoms with Crippen molar-refractivity contribution in [1.29, 1.82) is 0 Å². The van der Waals surface area contributed by atoms with Crippen molar-refractivity contribution < 1.29 is 23.4 Å². The molecule has 0 saturated heterocycles. The average molecular weight is 426 g/mol. The Bertz CT molecular complexity index is 1220. The minimum atomic E-state index is -0.756. The number of carbonyl (C=O) groups excluding carboxylic acids is 1. The molecule has 0 amide bonds. The molecule has 7 nitrogen and oxygen atoms in total. The number of hydrogen-bond acceptors (Lipinski definition) is 6. The Morgan fingerprint density at radius 3 is 2.71 bits per heavy atom. The van der Waals surface area contributed by atoms with Crippen LogP contribution in [0.1, 0.15) is 34.0 Å². The number of halogens is 1. The maximum absolute atomic E-state index is 13.7. The lowest BCUT2D eigenvalue weighted by Gasteiger charge is -2.14. The number of ether oxygens (including phenoxy) is 3. The summed E-state index contributed by atoms with van der Waals surface area (Å²) in [6.07, 6.45) is 5.24. The molecule has 0 unspecified atom stereocenters. The third-order valence-electron chi connectivity index (χ3n) is 4.82. The van der Waals surface area contributed by atoms with Gasteiger partial charge in [0.1, 0.15) is 11.3 Å². The molecule has 2 aromatic heterocycles. The lowest BCUT2D eigenvalue weighted by molar-refractivity contribution is 0.0520. The molecule has 3 aromatic rings. The predicted molar refractivity (Wildman–Crippen MR) is 115 cm³/mol. The number of aryl methyl sites for hydroxylation is 1. The summed E-state index contributed by atoms with van der Waals surface area (Å²) in [5.74, 6) is -1.03. The maximum Gasteiger partial charge on any atom is 0.347 e. The molecule has 31 heavy (non-hydrogen) atoms. The Morgan fingerprint density at radius 1 is 1.26 bits per heavy atom. The Balaban J connectivity index is 2.12. The second-order valence-corrected chi connectivity index (χ2v) is 6.76. The maximum atomic E-state index is 13.7. The van der Waals surface area contributed by atoms with Crippen molar-refractivity contribution in [2.45, 2.75) is 13.3 Å². The van der Waals surface area contributed by atoms with Gasteiger partial charge in [0.05, 0.1) is 32.6 Å². The van der Waals surface area contributed by atoms with E-state index in [1.807, 2.05) is 0 Å². The highest BCUT2D eigenvalue weighted by atomic mass is 19.1. The molecule has 0 bridgehead atoms. The highest BCUT2D eigenvalue weighted by molar-refractivity contribution is 5.98. The van der Waals surface area contributed by atoms with Crippen molar-refractivity contribution >= 4 is 23.1 Å². The number of methoxy groups -OCH3 is 2. The number of carbonyl (C=O) groups is 1. The summed E-state index contributed by atoms with van der Waals surface area (Å²) < 4.78 is 30.3. The quantitative estimate of drug-likeness (QED) is 0.425. The van der Waals surface area contributed by atoms with Gasteiger partial charge in [-0.15, -0.1) is 0 Å². The van der Waals surface area contributed by atoms with E-state index in [1.54, 1.807) is 38.4 Å². The van der Waals surface area contributed by atoms with Crippen LogP contribution in [0.5, 0.6) is 5.75 Å². The predicted octanol–water partition coefficient (Wildman–Crippen LogP) is 3.47. The van der Waals surface area contributed by atoms with E-state index in [-0.39, 0.29) is 23.7 Å². The number of nitrogens with zero attached hydrogens (tertiary/aromatic N) is 2. The van der Waals surface area contributed by atoms with E-state index in [4.69, 9.17) is 14.2 Å². The second-order valence-electron chi connectivity index (χ2n) is 6.76. The monoisotopic (exact) mass is 426 g/mol. The Morgan fingerprint density at radius 2 is 2.03 bits per heavy atom. The van der Waals surface area contributed by atoms with Gasteiger partial charge in [-0.2, -0.15) is 0 Å². The van der Waals surface area contributed by atoms with Gasteiger partial charge in [-0.1, -0.05) is 6.07 Å². The normalized spacial score (nSPS) is 11.1. The first-order valence-electron chi connectivity index (χ1n) is 9.61.